The molecule has 1 amide bonds. The summed E-state index contributed by atoms with van der Waals surface area (Å²) in [5, 5.41) is 3.47. The number of benzene rings is 1. The second-order valence-corrected chi connectivity index (χ2v) is 6.69. The largest absolute Gasteiger partial charge is 0.383 e. The van der Waals surface area contributed by atoms with Crippen molar-refractivity contribution in [2.75, 3.05) is 36.4 Å². The summed E-state index contributed by atoms with van der Waals surface area (Å²) in [6, 6.07) is 8.80. The van der Waals surface area contributed by atoms with Gasteiger partial charge in [0.1, 0.15) is 0 Å². The van der Waals surface area contributed by atoms with E-state index in [1.54, 1.807) is 0 Å². The maximum atomic E-state index is 12.9. The highest BCUT2D eigenvalue weighted by atomic mass is 16.2. The minimum absolute atomic E-state index is 0.288. The molecule has 0 unspecified atom stereocenters. The molecular weight excluding hydrogens is 286 g/mol. The number of carbonyl (C=O) groups is 1. The Kier molecular flexibility index (Phi) is 5.42. The number of hydrogen-bond acceptors (Lipinski definition) is 3. The summed E-state index contributed by atoms with van der Waals surface area (Å²) in [7, 11) is 0. The lowest BCUT2D eigenvalue weighted by molar-refractivity contribution is -0.132. The van der Waals surface area contributed by atoms with Crippen LogP contribution in [0.25, 0.3) is 0 Å². The van der Waals surface area contributed by atoms with Crippen molar-refractivity contribution in [1.29, 1.82) is 0 Å². The van der Waals surface area contributed by atoms with Crippen molar-refractivity contribution in [1.82, 2.24) is 4.90 Å². The second kappa shape index (κ2) is 7.71. The molecule has 0 saturated heterocycles. The maximum absolute atomic E-state index is 12.9. The molecule has 1 aromatic carbocycles. The van der Waals surface area contributed by atoms with Crippen molar-refractivity contribution in [3.05, 3.63) is 24.3 Å². The zero-order chi connectivity index (χ0) is 16.1. The van der Waals surface area contributed by atoms with Gasteiger partial charge in [-0.2, -0.15) is 0 Å². The molecule has 23 heavy (non-hydrogen) atoms. The first-order valence-electron chi connectivity index (χ1n) is 9.17. The molecule has 0 spiro atoms. The van der Waals surface area contributed by atoms with E-state index in [0.29, 0.717) is 12.6 Å². The summed E-state index contributed by atoms with van der Waals surface area (Å²) in [5.74, 6) is 0.288. The fourth-order valence-corrected chi connectivity index (χ4v) is 3.96. The number of rotatable bonds is 4. The van der Waals surface area contributed by atoms with Gasteiger partial charge in [0.25, 0.3) is 0 Å². The highest BCUT2D eigenvalue weighted by Gasteiger charge is 2.26. The average Bonchev–Trinajstić information content (AvgIpc) is 2.79. The minimum Gasteiger partial charge on any atom is -0.383 e. The van der Waals surface area contributed by atoms with Crippen LogP contribution in [0.1, 0.15) is 45.4 Å². The number of carbonyl (C=O) groups excluding carboxylic acids is 1. The highest BCUT2D eigenvalue weighted by Crippen LogP contribution is 2.28. The molecule has 4 nitrogen and oxygen atoms in total. The van der Waals surface area contributed by atoms with Gasteiger partial charge in [-0.25, -0.2) is 0 Å². The Labute approximate surface area is 139 Å². The Morgan fingerprint density at radius 3 is 2.78 bits per heavy atom. The quantitative estimate of drug-likeness (QED) is 0.924. The lowest BCUT2D eigenvalue weighted by Gasteiger charge is -2.35. The first-order chi connectivity index (χ1) is 11.3. The number of anilines is 2. The van der Waals surface area contributed by atoms with Gasteiger partial charge in [0.15, 0.2) is 0 Å². The molecule has 0 atom stereocenters. The van der Waals surface area contributed by atoms with E-state index >= 15 is 0 Å². The van der Waals surface area contributed by atoms with Gasteiger partial charge in [-0.05, 0) is 38.3 Å². The van der Waals surface area contributed by atoms with Gasteiger partial charge in [-0.1, -0.05) is 31.4 Å². The first-order valence-corrected chi connectivity index (χ1v) is 9.17. The Balaban J connectivity index is 1.71. The molecule has 126 valence electrons. The Hall–Kier alpha value is -1.71. The highest BCUT2D eigenvalue weighted by molar-refractivity contribution is 5.84. The molecular formula is C19H29N3O. The van der Waals surface area contributed by atoms with E-state index in [2.05, 4.69) is 46.3 Å². The van der Waals surface area contributed by atoms with Crippen molar-refractivity contribution in [3.63, 3.8) is 0 Å². The summed E-state index contributed by atoms with van der Waals surface area (Å²) in [6.07, 6.45) is 7.29. The van der Waals surface area contributed by atoms with Gasteiger partial charge in [-0.3, -0.25) is 4.79 Å². The van der Waals surface area contributed by atoms with Gasteiger partial charge in [0.2, 0.25) is 5.91 Å². The van der Waals surface area contributed by atoms with Crippen LogP contribution in [0.15, 0.2) is 24.3 Å². The summed E-state index contributed by atoms with van der Waals surface area (Å²) < 4.78 is 0. The van der Waals surface area contributed by atoms with Crippen molar-refractivity contribution in [2.24, 2.45) is 0 Å². The zero-order valence-electron chi connectivity index (χ0n) is 14.3. The van der Waals surface area contributed by atoms with Crippen molar-refractivity contribution in [2.45, 2.75) is 51.5 Å². The molecule has 1 N–H and O–H groups in total. The van der Waals surface area contributed by atoms with Crippen LogP contribution in [0.5, 0.6) is 0 Å². The smallest absolute Gasteiger partial charge is 0.242 e. The third kappa shape index (κ3) is 3.80. The zero-order valence-corrected chi connectivity index (χ0v) is 14.3. The molecule has 1 aliphatic heterocycles. The van der Waals surface area contributed by atoms with Gasteiger partial charge in [0.05, 0.1) is 17.9 Å². The van der Waals surface area contributed by atoms with Gasteiger partial charge in [-0.15, -0.1) is 0 Å². The van der Waals surface area contributed by atoms with E-state index in [0.717, 1.165) is 37.4 Å². The Morgan fingerprint density at radius 2 is 2.00 bits per heavy atom. The predicted octanol–water partition coefficient (Wildman–Crippen LogP) is 3.49. The van der Waals surface area contributed by atoms with Crippen LogP contribution in [0.3, 0.4) is 0 Å². The Bertz CT molecular complexity index is 525. The maximum Gasteiger partial charge on any atom is 0.242 e. The normalized spacial score (nSPS) is 18.7. The van der Waals surface area contributed by atoms with Crippen LogP contribution in [-0.2, 0) is 4.79 Å². The van der Waals surface area contributed by atoms with Crippen LogP contribution >= 0.6 is 0 Å². The summed E-state index contributed by atoms with van der Waals surface area (Å²) >= 11 is 0. The number of nitrogens with zero attached hydrogens (tertiary/aromatic N) is 2. The number of para-hydroxylation sites is 2. The van der Waals surface area contributed by atoms with Crippen LogP contribution in [-0.4, -0.2) is 43.0 Å². The molecule has 0 aromatic heterocycles. The molecule has 2 aliphatic rings. The van der Waals surface area contributed by atoms with Crippen LogP contribution in [0.2, 0.25) is 0 Å². The standard InChI is InChI=1S/C19H29N3O/c1-2-22(16-9-4-3-5-10-16)19(23)15-21-14-8-13-20-17-11-6-7-12-18(17)21/h6-7,11-12,16,20H,2-5,8-10,13-15H2,1H3. The lowest BCUT2D eigenvalue weighted by Crippen LogP contribution is -2.46. The van der Waals surface area contributed by atoms with Gasteiger partial charge in [0, 0.05) is 25.7 Å². The fraction of sp³-hybridized carbons (Fsp3) is 0.632. The lowest BCUT2D eigenvalue weighted by atomic mass is 9.94. The molecule has 4 heteroatoms. The van der Waals surface area contributed by atoms with Crippen LogP contribution in [0.4, 0.5) is 11.4 Å². The molecule has 1 aromatic rings. The average molecular weight is 315 g/mol. The summed E-state index contributed by atoms with van der Waals surface area (Å²) in [5.41, 5.74) is 2.32. The molecule has 1 aliphatic carbocycles. The SMILES string of the molecule is CCN(C(=O)CN1CCCNc2ccccc21)C1CCCCC1. The van der Waals surface area contributed by atoms with Crippen LogP contribution in [0, 0.1) is 0 Å². The van der Waals surface area contributed by atoms with E-state index < -0.39 is 0 Å². The number of amides is 1. The fourth-order valence-electron chi connectivity index (χ4n) is 3.96. The second-order valence-electron chi connectivity index (χ2n) is 6.69. The summed E-state index contributed by atoms with van der Waals surface area (Å²) in [4.78, 5) is 17.3. The molecule has 0 bridgehead atoms. The van der Waals surface area contributed by atoms with E-state index in [1.807, 2.05) is 0 Å². The first kappa shape index (κ1) is 16.2. The number of hydrogen-bond donors (Lipinski definition) is 1. The number of fused-ring (bicyclic) bond motifs is 1. The summed E-state index contributed by atoms with van der Waals surface area (Å²) in [6.45, 7) is 5.37. The number of nitrogens with one attached hydrogen (secondary N) is 1. The molecule has 3 rings (SSSR count). The third-order valence-corrected chi connectivity index (χ3v) is 5.17. The van der Waals surface area contributed by atoms with Crippen molar-refractivity contribution in [3.8, 4) is 0 Å². The molecule has 1 heterocycles. The van der Waals surface area contributed by atoms with Gasteiger partial charge < -0.3 is 15.1 Å². The monoisotopic (exact) mass is 315 g/mol. The van der Waals surface area contributed by atoms with Crippen LogP contribution < -0.4 is 10.2 Å². The van der Waals surface area contributed by atoms with E-state index in [1.165, 1.54) is 32.1 Å². The topological polar surface area (TPSA) is 35.6 Å². The predicted molar refractivity (Wildman–Crippen MR) is 96.0 cm³/mol. The minimum atomic E-state index is 0.288. The molecule has 0 radical (unpaired) electrons. The molecule has 1 saturated carbocycles. The van der Waals surface area contributed by atoms with E-state index in [-0.39, 0.29) is 5.91 Å². The van der Waals surface area contributed by atoms with Crippen molar-refractivity contribution >= 4 is 17.3 Å². The van der Waals surface area contributed by atoms with Crippen molar-refractivity contribution < 1.29 is 4.79 Å². The van der Waals surface area contributed by atoms with E-state index in [4.69, 9.17) is 0 Å². The van der Waals surface area contributed by atoms with E-state index in [9.17, 15) is 4.79 Å². The number of likely N-dealkylation sites (N-methyl/N-ethyl adjacent to an activating group) is 1. The third-order valence-electron chi connectivity index (χ3n) is 5.17. The van der Waals surface area contributed by atoms with Gasteiger partial charge >= 0.3 is 0 Å². The molecule has 1 fully saturated rings. The Morgan fingerprint density at radius 1 is 1.22 bits per heavy atom.